The maximum Gasteiger partial charge on any atom is 0.336 e. The van der Waals surface area contributed by atoms with E-state index in [1.165, 1.54) is 10.9 Å². The van der Waals surface area contributed by atoms with Crippen molar-refractivity contribution in [2.45, 2.75) is 43.4 Å². The number of hydrogen-bond acceptors (Lipinski definition) is 7. The van der Waals surface area contributed by atoms with Crippen molar-refractivity contribution < 1.29 is 24.5 Å². The molecule has 0 spiro atoms. The minimum Gasteiger partial charge on any atom is -0.481 e. The summed E-state index contributed by atoms with van der Waals surface area (Å²) in [4.78, 5) is 45.7. The van der Waals surface area contributed by atoms with Crippen molar-refractivity contribution in [2.75, 3.05) is 5.73 Å². The monoisotopic (exact) mass is 363 g/mol. The van der Waals surface area contributed by atoms with Gasteiger partial charge in [0.2, 0.25) is 5.95 Å². The SMILES string of the molecule is Nc1nc2c(ncn2[C@@]23CCCC2C[C@](CC(=O)O)(C(=O)O)O3)c(=O)[nH]1. The zero-order valence-electron chi connectivity index (χ0n) is 13.6. The van der Waals surface area contributed by atoms with Crippen LogP contribution in [0.25, 0.3) is 11.2 Å². The number of carboxylic acids is 2. The average Bonchev–Trinajstić information content (AvgIpc) is 3.17. The first-order valence-electron chi connectivity index (χ1n) is 8.16. The standard InChI is InChI=1S/C15H17N5O6/c16-13-18-10-9(11(23)19-13)17-6-20(10)15-3-1-2-7(15)4-14(26-15,12(24)25)5-8(21)22/h6-7H,1-5H2,(H,21,22)(H,24,25)(H3,16,18,19,23)/t7?,14-,15+/m0/s1. The lowest BCUT2D eigenvalue weighted by Gasteiger charge is -2.33. The zero-order chi connectivity index (χ0) is 18.7. The van der Waals surface area contributed by atoms with Crippen LogP contribution in [0.1, 0.15) is 32.1 Å². The number of ether oxygens (including phenoxy) is 1. The number of aromatic amines is 1. The summed E-state index contributed by atoms with van der Waals surface area (Å²) in [6, 6.07) is 0. The van der Waals surface area contributed by atoms with Gasteiger partial charge in [0.1, 0.15) is 0 Å². The third-order valence-corrected chi connectivity index (χ3v) is 5.33. The Morgan fingerprint density at radius 2 is 2.23 bits per heavy atom. The third kappa shape index (κ3) is 2.13. The summed E-state index contributed by atoms with van der Waals surface area (Å²) in [5, 5.41) is 18.9. The summed E-state index contributed by atoms with van der Waals surface area (Å²) in [5.74, 6) is -2.90. The molecule has 138 valence electrons. The molecule has 3 heterocycles. The Labute approximate surface area is 145 Å². The second-order valence-electron chi connectivity index (χ2n) is 6.85. The van der Waals surface area contributed by atoms with Gasteiger partial charge in [-0.3, -0.25) is 19.1 Å². The van der Waals surface area contributed by atoms with Gasteiger partial charge < -0.3 is 20.7 Å². The zero-order valence-corrected chi connectivity index (χ0v) is 13.6. The summed E-state index contributed by atoms with van der Waals surface area (Å²) >= 11 is 0. The molecule has 1 aliphatic carbocycles. The molecule has 1 saturated heterocycles. The van der Waals surface area contributed by atoms with Gasteiger partial charge in [-0.2, -0.15) is 4.98 Å². The number of carboxylic acid groups (broad SMARTS) is 2. The van der Waals surface area contributed by atoms with Gasteiger partial charge in [0.25, 0.3) is 5.56 Å². The Kier molecular flexibility index (Phi) is 3.35. The molecule has 5 N–H and O–H groups in total. The van der Waals surface area contributed by atoms with E-state index in [0.717, 1.165) is 6.42 Å². The number of hydrogen-bond donors (Lipinski definition) is 4. The van der Waals surface area contributed by atoms with E-state index in [1.54, 1.807) is 0 Å². The van der Waals surface area contributed by atoms with E-state index < -0.39 is 35.2 Å². The lowest BCUT2D eigenvalue weighted by Crippen LogP contribution is -2.44. The Morgan fingerprint density at radius 3 is 2.92 bits per heavy atom. The molecule has 11 nitrogen and oxygen atoms in total. The number of carbonyl (C=O) groups is 2. The molecule has 2 aliphatic rings. The van der Waals surface area contributed by atoms with E-state index in [2.05, 4.69) is 15.0 Å². The van der Waals surface area contributed by atoms with Crippen LogP contribution < -0.4 is 11.3 Å². The number of rotatable bonds is 4. The minimum absolute atomic E-state index is 0.0625. The highest BCUT2D eigenvalue weighted by Gasteiger charge is 2.63. The third-order valence-electron chi connectivity index (χ3n) is 5.33. The second-order valence-corrected chi connectivity index (χ2v) is 6.85. The van der Waals surface area contributed by atoms with E-state index in [0.29, 0.717) is 12.8 Å². The predicted octanol–water partition coefficient (Wildman–Crippen LogP) is -0.127. The number of aliphatic carboxylic acids is 2. The van der Waals surface area contributed by atoms with Crippen molar-refractivity contribution in [3.63, 3.8) is 0 Å². The molecule has 0 bridgehead atoms. The van der Waals surface area contributed by atoms with Crippen LogP contribution in [-0.2, 0) is 20.1 Å². The van der Waals surface area contributed by atoms with Crippen LogP contribution in [-0.4, -0.2) is 47.3 Å². The first-order chi connectivity index (χ1) is 12.3. The maximum atomic E-state index is 12.0. The highest BCUT2D eigenvalue weighted by molar-refractivity contribution is 5.84. The normalized spacial score (nSPS) is 30.5. The summed E-state index contributed by atoms with van der Waals surface area (Å²) in [6.07, 6.45) is 2.70. The molecule has 1 aliphatic heterocycles. The van der Waals surface area contributed by atoms with Crippen LogP contribution in [0.5, 0.6) is 0 Å². The summed E-state index contributed by atoms with van der Waals surface area (Å²) in [7, 11) is 0. The number of nitrogens with zero attached hydrogens (tertiary/aromatic N) is 3. The molecule has 11 heteroatoms. The number of aromatic nitrogens is 4. The molecule has 2 aromatic rings. The van der Waals surface area contributed by atoms with Crippen LogP contribution in [0.4, 0.5) is 5.95 Å². The molecule has 0 amide bonds. The number of H-pyrrole nitrogens is 1. The number of nitrogen functional groups attached to an aromatic ring is 1. The summed E-state index contributed by atoms with van der Waals surface area (Å²) in [6.45, 7) is 0. The topological polar surface area (TPSA) is 173 Å². The lowest BCUT2D eigenvalue weighted by molar-refractivity contribution is -0.193. The van der Waals surface area contributed by atoms with Gasteiger partial charge in [0.05, 0.1) is 12.7 Å². The Hall–Kier alpha value is -2.95. The molecular formula is C15H17N5O6. The van der Waals surface area contributed by atoms with Crippen LogP contribution in [0.15, 0.2) is 11.1 Å². The number of anilines is 1. The van der Waals surface area contributed by atoms with E-state index in [1.807, 2.05) is 0 Å². The first-order valence-corrected chi connectivity index (χ1v) is 8.16. The molecule has 3 atom stereocenters. The molecule has 0 aromatic carbocycles. The maximum absolute atomic E-state index is 12.0. The fourth-order valence-corrected chi connectivity index (χ4v) is 4.33. The smallest absolute Gasteiger partial charge is 0.336 e. The predicted molar refractivity (Wildman–Crippen MR) is 86.2 cm³/mol. The Bertz CT molecular complexity index is 983. The number of imidazole rings is 1. The fourth-order valence-electron chi connectivity index (χ4n) is 4.33. The van der Waals surface area contributed by atoms with Crippen LogP contribution in [0.3, 0.4) is 0 Å². The lowest BCUT2D eigenvalue weighted by atomic mass is 9.88. The van der Waals surface area contributed by atoms with Gasteiger partial charge in [-0.25, -0.2) is 9.78 Å². The quantitative estimate of drug-likeness (QED) is 0.577. The highest BCUT2D eigenvalue weighted by atomic mass is 16.6. The van der Waals surface area contributed by atoms with E-state index in [-0.39, 0.29) is 29.5 Å². The molecule has 0 radical (unpaired) electrons. The largest absolute Gasteiger partial charge is 0.481 e. The number of nitrogens with one attached hydrogen (secondary N) is 1. The van der Waals surface area contributed by atoms with Gasteiger partial charge >= 0.3 is 11.9 Å². The second kappa shape index (κ2) is 5.27. The Balaban J connectivity index is 1.89. The van der Waals surface area contributed by atoms with Crippen molar-refractivity contribution >= 4 is 29.1 Å². The summed E-state index contributed by atoms with van der Waals surface area (Å²) < 4.78 is 7.55. The molecule has 2 aromatic heterocycles. The van der Waals surface area contributed by atoms with Gasteiger partial charge in [-0.15, -0.1) is 0 Å². The van der Waals surface area contributed by atoms with Crippen LogP contribution in [0.2, 0.25) is 0 Å². The minimum atomic E-state index is -1.83. The van der Waals surface area contributed by atoms with Crippen LogP contribution >= 0.6 is 0 Å². The van der Waals surface area contributed by atoms with Crippen molar-refractivity contribution in [2.24, 2.45) is 5.92 Å². The summed E-state index contributed by atoms with van der Waals surface area (Å²) in [5.41, 5.74) is 2.43. The Morgan fingerprint density at radius 1 is 1.46 bits per heavy atom. The first kappa shape index (κ1) is 16.5. The molecule has 4 rings (SSSR count). The average molecular weight is 363 g/mol. The van der Waals surface area contributed by atoms with E-state index in [4.69, 9.17) is 10.5 Å². The van der Waals surface area contributed by atoms with Crippen molar-refractivity contribution in [1.82, 2.24) is 19.5 Å². The number of fused-ring (bicyclic) bond motifs is 2. The van der Waals surface area contributed by atoms with Gasteiger partial charge in [-0.05, 0) is 25.7 Å². The molecule has 1 saturated carbocycles. The molecule has 26 heavy (non-hydrogen) atoms. The molecule has 1 unspecified atom stereocenters. The molecular weight excluding hydrogens is 346 g/mol. The molecule has 2 fully saturated rings. The van der Waals surface area contributed by atoms with E-state index in [9.17, 15) is 24.6 Å². The van der Waals surface area contributed by atoms with Crippen molar-refractivity contribution in [3.05, 3.63) is 16.7 Å². The van der Waals surface area contributed by atoms with Crippen molar-refractivity contribution in [1.29, 1.82) is 0 Å². The van der Waals surface area contributed by atoms with Gasteiger partial charge in [0, 0.05) is 5.92 Å². The van der Waals surface area contributed by atoms with Crippen molar-refractivity contribution in [3.8, 4) is 0 Å². The fraction of sp³-hybridized carbons (Fsp3) is 0.533. The number of nitrogens with two attached hydrogens (primary N) is 1. The van der Waals surface area contributed by atoms with E-state index >= 15 is 0 Å². The highest BCUT2D eigenvalue weighted by Crippen LogP contribution is 2.56. The van der Waals surface area contributed by atoms with Gasteiger partial charge in [0.15, 0.2) is 22.5 Å². The van der Waals surface area contributed by atoms with Crippen LogP contribution in [0, 0.1) is 5.92 Å². The van der Waals surface area contributed by atoms with Gasteiger partial charge in [-0.1, -0.05) is 0 Å².